The molecule has 0 atom stereocenters. The fraction of sp³-hybridized carbons (Fsp3) is 0.161. The van der Waals surface area contributed by atoms with Gasteiger partial charge in [-0.2, -0.15) is 5.10 Å². The zero-order chi connectivity index (χ0) is 26.6. The summed E-state index contributed by atoms with van der Waals surface area (Å²) < 4.78 is 1.64. The highest BCUT2D eigenvalue weighted by Gasteiger charge is 2.23. The van der Waals surface area contributed by atoms with Gasteiger partial charge < -0.3 is 0 Å². The standard InChI is InChI=1S/C31H26N4O2S2/c36-27(34-32-19-21-15-17-23(18-16-21)22-9-3-1-4-10-22)20-38-31-33-29-28(25-13-7-8-14-26(25)39-29)30(37)35(31)24-11-5-2-6-12-24/h1-6,9-12,15-19H,7-8,13-14,20H2,(H,34,36)/b32-19-. The normalized spacial score (nSPS) is 13.0. The van der Waals surface area contributed by atoms with Crippen molar-refractivity contribution in [2.45, 2.75) is 30.8 Å². The number of thiophene rings is 1. The molecule has 5 aromatic rings. The van der Waals surface area contributed by atoms with Gasteiger partial charge in [-0.1, -0.05) is 84.6 Å². The summed E-state index contributed by atoms with van der Waals surface area (Å²) >= 11 is 2.86. The van der Waals surface area contributed by atoms with Gasteiger partial charge in [-0.25, -0.2) is 10.4 Å². The molecule has 2 heterocycles. The first-order valence-electron chi connectivity index (χ1n) is 12.9. The van der Waals surface area contributed by atoms with Crippen molar-refractivity contribution in [3.63, 3.8) is 0 Å². The number of para-hydroxylation sites is 1. The number of hydrazone groups is 1. The van der Waals surface area contributed by atoms with Crippen LogP contribution in [0.15, 0.2) is 100.0 Å². The Balaban J connectivity index is 1.18. The molecule has 1 aliphatic carbocycles. The van der Waals surface area contributed by atoms with E-state index in [0.717, 1.165) is 63.8 Å². The Labute approximate surface area is 234 Å². The minimum Gasteiger partial charge on any atom is -0.272 e. The molecule has 0 saturated carbocycles. The third kappa shape index (κ3) is 5.44. The van der Waals surface area contributed by atoms with E-state index >= 15 is 0 Å². The number of thioether (sulfide) groups is 1. The van der Waals surface area contributed by atoms with Gasteiger partial charge in [0, 0.05) is 4.88 Å². The van der Waals surface area contributed by atoms with E-state index < -0.39 is 0 Å². The van der Waals surface area contributed by atoms with Gasteiger partial charge in [0.1, 0.15) is 4.83 Å². The lowest BCUT2D eigenvalue weighted by Gasteiger charge is -2.13. The van der Waals surface area contributed by atoms with Crippen LogP contribution in [0, 0.1) is 0 Å². The van der Waals surface area contributed by atoms with Crippen LogP contribution < -0.4 is 11.0 Å². The molecule has 1 aliphatic rings. The summed E-state index contributed by atoms with van der Waals surface area (Å²) in [6, 6.07) is 27.6. The molecule has 2 aromatic heterocycles. The summed E-state index contributed by atoms with van der Waals surface area (Å²) in [5.74, 6) is -0.184. The minimum absolute atomic E-state index is 0.0644. The molecule has 0 radical (unpaired) electrons. The fourth-order valence-corrected chi connectivity index (χ4v) is 6.93. The van der Waals surface area contributed by atoms with Gasteiger partial charge in [-0.3, -0.25) is 14.2 Å². The smallest absolute Gasteiger partial charge is 0.267 e. The SMILES string of the molecule is O=C(CSc1nc2sc3c(c2c(=O)n1-c1ccccc1)CCCC3)N/N=C\c1ccc(-c2ccccc2)cc1. The highest BCUT2D eigenvalue weighted by molar-refractivity contribution is 7.99. The average Bonchev–Trinajstić information content (AvgIpc) is 3.36. The molecule has 0 bridgehead atoms. The number of aromatic nitrogens is 2. The van der Waals surface area contributed by atoms with E-state index in [1.165, 1.54) is 16.6 Å². The number of carbonyl (C=O) groups excluding carboxylic acids is 1. The molecule has 0 saturated heterocycles. The van der Waals surface area contributed by atoms with Gasteiger partial charge in [-0.05, 0) is 60.1 Å². The molecule has 1 amide bonds. The molecule has 6 rings (SSSR count). The van der Waals surface area contributed by atoms with Gasteiger partial charge in [0.2, 0.25) is 0 Å². The molecule has 1 N–H and O–H groups in total. The molecule has 194 valence electrons. The third-order valence-corrected chi connectivity index (χ3v) is 8.85. The maximum absolute atomic E-state index is 13.8. The van der Waals surface area contributed by atoms with Crippen LogP contribution in [0.2, 0.25) is 0 Å². The molecule has 0 unspecified atom stereocenters. The van der Waals surface area contributed by atoms with Crippen LogP contribution in [0.3, 0.4) is 0 Å². The summed E-state index contributed by atoms with van der Waals surface area (Å²) in [5, 5.41) is 5.36. The van der Waals surface area contributed by atoms with E-state index in [-0.39, 0.29) is 17.2 Å². The number of carbonyl (C=O) groups is 1. The lowest BCUT2D eigenvalue weighted by molar-refractivity contribution is -0.118. The number of amides is 1. The average molecular weight is 551 g/mol. The van der Waals surface area contributed by atoms with Crippen LogP contribution in [0.5, 0.6) is 0 Å². The van der Waals surface area contributed by atoms with E-state index in [9.17, 15) is 9.59 Å². The van der Waals surface area contributed by atoms with Crippen molar-refractivity contribution in [1.82, 2.24) is 15.0 Å². The van der Waals surface area contributed by atoms with Crippen LogP contribution in [0.25, 0.3) is 27.0 Å². The summed E-state index contributed by atoms with van der Waals surface area (Å²) in [6.07, 6.45) is 5.78. The maximum Gasteiger partial charge on any atom is 0.267 e. The number of aryl methyl sites for hydroxylation is 2. The summed E-state index contributed by atoms with van der Waals surface area (Å²) in [6.45, 7) is 0. The van der Waals surface area contributed by atoms with E-state index in [0.29, 0.717) is 5.16 Å². The summed E-state index contributed by atoms with van der Waals surface area (Å²) in [7, 11) is 0. The van der Waals surface area contributed by atoms with Gasteiger partial charge in [0.25, 0.3) is 11.5 Å². The summed E-state index contributed by atoms with van der Waals surface area (Å²) in [4.78, 5) is 33.3. The second kappa shape index (κ2) is 11.4. The quantitative estimate of drug-likeness (QED) is 0.113. The van der Waals surface area contributed by atoms with Crippen molar-refractivity contribution < 1.29 is 4.79 Å². The molecule has 8 heteroatoms. The first-order chi connectivity index (χ1) is 19.2. The highest BCUT2D eigenvalue weighted by atomic mass is 32.2. The molecule has 39 heavy (non-hydrogen) atoms. The van der Waals surface area contributed by atoms with Crippen molar-refractivity contribution in [3.8, 4) is 16.8 Å². The number of fused-ring (bicyclic) bond motifs is 3. The zero-order valence-electron chi connectivity index (χ0n) is 21.2. The maximum atomic E-state index is 13.8. The molecule has 0 fully saturated rings. The van der Waals surface area contributed by atoms with Crippen LogP contribution in [-0.4, -0.2) is 27.4 Å². The fourth-order valence-electron chi connectivity index (χ4n) is 4.82. The first-order valence-corrected chi connectivity index (χ1v) is 14.7. The number of rotatable bonds is 7. The minimum atomic E-state index is -0.267. The molecule has 6 nitrogen and oxygen atoms in total. The van der Waals surface area contributed by atoms with E-state index in [1.807, 2.05) is 72.8 Å². The van der Waals surface area contributed by atoms with Crippen LogP contribution in [0.4, 0.5) is 0 Å². The Kier molecular flexibility index (Phi) is 7.38. The van der Waals surface area contributed by atoms with Crippen molar-refractivity contribution in [1.29, 1.82) is 0 Å². The second-order valence-electron chi connectivity index (χ2n) is 9.33. The van der Waals surface area contributed by atoms with Crippen LogP contribution in [0.1, 0.15) is 28.8 Å². The Morgan fingerprint density at radius 3 is 2.41 bits per heavy atom. The third-order valence-electron chi connectivity index (χ3n) is 6.73. The number of benzene rings is 3. The Hall–Kier alpha value is -4.01. The number of nitrogens with zero attached hydrogens (tertiary/aromatic N) is 3. The number of hydrogen-bond acceptors (Lipinski definition) is 6. The zero-order valence-corrected chi connectivity index (χ0v) is 22.8. The molecule has 3 aromatic carbocycles. The lowest BCUT2D eigenvalue weighted by Crippen LogP contribution is -2.24. The summed E-state index contributed by atoms with van der Waals surface area (Å²) in [5.41, 5.74) is 7.58. The number of nitrogens with one attached hydrogen (secondary N) is 1. The Morgan fingerprint density at radius 2 is 1.64 bits per heavy atom. The van der Waals surface area contributed by atoms with E-state index in [2.05, 4.69) is 22.7 Å². The van der Waals surface area contributed by atoms with Gasteiger partial charge in [0.15, 0.2) is 5.16 Å². The Morgan fingerprint density at radius 1 is 0.949 bits per heavy atom. The predicted octanol–water partition coefficient (Wildman–Crippen LogP) is 6.24. The highest BCUT2D eigenvalue weighted by Crippen LogP contribution is 2.35. The Bertz CT molecular complexity index is 1710. The lowest BCUT2D eigenvalue weighted by atomic mass is 9.97. The second-order valence-corrected chi connectivity index (χ2v) is 11.4. The van der Waals surface area contributed by atoms with Gasteiger partial charge in [0.05, 0.1) is 23.0 Å². The van der Waals surface area contributed by atoms with Crippen molar-refractivity contribution in [3.05, 3.63) is 111 Å². The van der Waals surface area contributed by atoms with Crippen molar-refractivity contribution >= 4 is 45.4 Å². The molecule has 0 aliphatic heterocycles. The van der Waals surface area contributed by atoms with E-state index in [4.69, 9.17) is 4.98 Å². The van der Waals surface area contributed by atoms with Gasteiger partial charge >= 0.3 is 0 Å². The number of hydrogen-bond donors (Lipinski definition) is 1. The molecule has 0 spiro atoms. The molecular formula is C31H26N4O2S2. The van der Waals surface area contributed by atoms with Crippen molar-refractivity contribution in [2.24, 2.45) is 5.10 Å². The monoisotopic (exact) mass is 550 g/mol. The molecular weight excluding hydrogens is 525 g/mol. The first kappa shape index (κ1) is 25.3. The van der Waals surface area contributed by atoms with Gasteiger partial charge in [-0.15, -0.1) is 11.3 Å². The predicted molar refractivity (Wildman–Crippen MR) is 160 cm³/mol. The van der Waals surface area contributed by atoms with E-state index in [1.54, 1.807) is 22.1 Å². The van der Waals surface area contributed by atoms with Crippen molar-refractivity contribution in [2.75, 3.05) is 5.75 Å². The van der Waals surface area contributed by atoms with Crippen LogP contribution >= 0.6 is 23.1 Å². The topological polar surface area (TPSA) is 76.3 Å². The van der Waals surface area contributed by atoms with Crippen LogP contribution in [-0.2, 0) is 17.6 Å². The largest absolute Gasteiger partial charge is 0.272 e.